The number of nitro benzene ring substituents is 1. The molecule has 0 N–H and O–H groups in total. The van der Waals surface area contributed by atoms with Crippen LogP contribution in [-0.4, -0.2) is 69.3 Å². The Morgan fingerprint density at radius 3 is 1.74 bits per heavy atom. The van der Waals surface area contributed by atoms with Gasteiger partial charge >= 0.3 is 0 Å². The van der Waals surface area contributed by atoms with Gasteiger partial charge in [0.2, 0.25) is 0 Å². The van der Waals surface area contributed by atoms with Crippen LogP contribution >= 0.6 is 0 Å². The molecule has 0 bridgehead atoms. The molecule has 5 nitrogen and oxygen atoms in total. The Balaban J connectivity index is 0. The predicted octanol–water partition coefficient (Wildman–Crippen LogP) is -2.34. The quantitative estimate of drug-likeness (QED) is 0.0935. The lowest BCUT2D eigenvalue weighted by Crippen LogP contribution is -3.00. The van der Waals surface area contributed by atoms with Gasteiger partial charge in [-0.1, -0.05) is 12.1 Å². The van der Waals surface area contributed by atoms with E-state index < -0.39 is 0 Å². The van der Waals surface area contributed by atoms with Crippen molar-refractivity contribution in [2.24, 2.45) is 0 Å². The van der Waals surface area contributed by atoms with Crippen LogP contribution in [0.15, 0.2) is 18.2 Å². The first-order valence-electron chi connectivity index (χ1n) is 9.35. The van der Waals surface area contributed by atoms with Crippen molar-refractivity contribution in [1.29, 1.82) is 0 Å². The van der Waals surface area contributed by atoms with Gasteiger partial charge in [-0.25, -0.2) is 0 Å². The average molecular weight is 605 g/mol. The van der Waals surface area contributed by atoms with Gasteiger partial charge in [0.1, 0.15) is 0 Å². The third kappa shape index (κ3) is 13.8. The molecule has 0 aliphatic heterocycles. The molecule has 0 aliphatic carbocycles. The lowest BCUT2D eigenvalue weighted by atomic mass is 10.0. The van der Waals surface area contributed by atoms with E-state index in [-0.39, 0.29) is 52.9 Å². The zero-order chi connectivity index (χ0) is 19.1. The Bertz CT molecular complexity index is 567. The number of hydrogen-bond donors (Lipinski definition) is 0. The maximum Gasteiger partial charge on any atom is 0.272 e. The van der Waals surface area contributed by atoms with Crippen molar-refractivity contribution in [2.75, 3.05) is 55.4 Å². The minimum absolute atomic E-state index is 0. The molecule has 1 aromatic carbocycles. The van der Waals surface area contributed by atoms with Gasteiger partial charge < -0.3 is 56.9 Å². The van der Waals surface area contributed by atoms with Gasteiger partial charge in [-0.05, 0) is 44.1 Å². The second-order valence-electron chi connectivity index (χ2n) is 9.16. The first-order valence-corrected chi connectivity index (χ1v) is 9.35. The smallest absolute Gasteiger partial charge is 0.272 e. The monoisotopic (exact) mass is 605 g/mol. The average Bonchev–Trinajstić information content (AvgIpc) is 2.46. The largest absolute Gasteiger partial charge is 1.00 e. The molecule has 1 aromatic rings. The summed E-state index contributed by atoms with van der Waals surface area (Å²) >= 11 is 0. The van der Waals surface area contributed by atoms with Gasteiger partial charge in [0.05, 0.1) is 60.3 Å². The van der Waals surface area contributed by atoms with Gasteiger partial charge in [0, 0.05) is 11.6 Å². The summed E-state index contributed by atoms with van der Waals surface area (Å²) in [7, 11) is 13.1. The number of halogens is 2. The Labute approximate surface area is 199 Å². The van der Waals surface area contributed by atoms with E-state index in [0.717, 1.165) is 71.7 Å². The molecule has 0 fully saturated rings. The summed E-state index contributed by atoms with van der Waals surface area (Å²) in [6, 6.07) is 5.84. The van der Waals surface area contributed by atoms with E-state index in [1.54, 1.807) is 6.07 Å². The van der Waals surface area contributed by atoms with Crippen LogP contribution in [0.25, 0.3) is 0 Å². The zero-order valence-electron chi connectivity index (χ0n) is 17.8. The first-order chi connectivity index (χ1) is 11.5. The van der Waals surface area contributed by atoms with Crippen LogP contribution in [0.2, 0.25) is 0 Å². The number of nitrogens with zero attached hydrogens (tertiary/aromatic N) is 3. The summed E-state index contributed by atoms with van der Waals surface area (Å²) in [4.78, 5) is 11.2. The maximum absolute atomic E-state index is 11.4. The summed E-state index contributed by atoms with van der Waals surface area (Å²) in [6.45, 7) is 2.23. The van der Waals surface area contributed by atoms with Gasteiger partial charge in [-0.2, -0.15) is 0 Å². The van der Waals surface area contributed by atoms with Crippen molar-refractivity contribution in [1.82, 2.24) is 0 Å². The van der Waals surface area contributed by atoms with Crippen LogP contribution in [-0.2, 0) is 12.8 Å². The number of rotatable bonds is 11. The minimum Gasteiger partial charge on any atom is -1.00 e. The van der Waals surface area contributed by atoms with Gasteiger partial charge in [-0.3, -0.25) is 10.1 Å². The summed E-state index contributed by atoms with van der Waals surface area (Å²) in [5.41, 5.74) is 2.26. The van der Waals surface area contributed by atoms with Crippen molar-refractivity contribution in [3.05, 3.63) is 39.4 Å². The molecule has 0 spiro atoms. The predicted molar refractivity (Wildman–Crippen MR) is 105 cm³/mol. The van der Waals surface area contributed by atoms with E-state index in [1.807, 2.05) is 6.07 Å². The van der Waals surface area contributed by atoms with E-state index >= 15 is 0 Å². The van der Waals surface area contributed by atoms with E-state index in [1.165, 1.54) is 0 Å². The van der Waals surface area contributed by atoms with Crippen molar-refractivity contribution in [3.63, 3.8) is 0 Å². The molecule has 0 saturated carbocycles. The third-order valence-corrected chi connectivity index (χ3v) is 4.42. The van der Waals surface area contributed by atoms with E-state index in [9.17, 15) is 10.1 Å². The molecule has 0 amide bonds. The summed E-state index contributed by atoms with van der Waals surface area (Å²) in [5, 5.41) is 11.4. The highest BCUT2D eigenvalue weighted by molar-refractivity contribution is 5.43. The number of aryl methyl sites for hydroxylation is 2. The van der Waals surface area contributed by atoms with Crippen LogP contribution in [0.3, 0.4) is 0 Å². The molecular weight excluding hydrogens is 568 g/mol. The molecule has 0 saturated heterocycles. The van der Waals surface area contributed by atoms with Crippen molar-refractivity contribution in [3.8, 4) is 0 Å². The lowest BCUT2D eigenvalue weighted by Gasteiger charge is -2.23. The second kappa shape index (κ2) is 13.3. The molecule has 0 unspecified atom stereocenters. The molecule has 27 heavy (non-hydrogen) atoms. The van der Waals surface area contributed by atoms with Crippen molar-refractivity contribution in [2.45, 2.75) is 38.5 Å². The highest BCUT2D eigenvalue weighted by atomic mass is 127. The fourth-order valence-corrected chi connectivity index (χ4v) is 2.96. The van der Waals surface area contributed by atoms with Crippen molar-refractivity contribution >= 4 is 5.69 Å². The fourth-order valence-electron chi connectivity index (χ4n) is 2.96. The molecular formula is C20H37I2N3O2. The highest BCUT2D eigenvalue weighted by Gasteiger charge is 2.15. The Morgan fingerprint density at radius 2 is 1.30 bits per heavy atom. The normalized spacial score (nSPS) is 11.5. The molecule has 0 aromatic heterocycles. The summed E-state index contributed by atoms with van der Waals surface area (Å²) < 4.78 is 1.90. The van der Waals surface area contributed by atoms with Crippen LogP contribution in [0.1, 0.15) is 36.8 Å². The number of nitro groups is 1. The standard InChI is InChI=1S/C20H37N3O2.2HI/c1-22(2,3)15-9-7-11-18-13-14-19(20(17-18)21(24)25)12-8-10-16-23(4,5)6;;/h13-14,17H,7-12,15-16H2,1-6H3;2*1H/q+2;;/p-2. The SMILES string of the molecule is C[N+](C)(C)CCCCc1ccc(CCCC[N+](C)(C)C)c([N+](=O)[O-])c1.[I-].[I-]. The Kier molecular flexibility index (Phi) is 14.3. The van der Waals surface area contributed by atoms with Crippen molar-refractivity contribution < 1.29 is 61.8 Å². The number of quaternary nitrogens is 2. The molecule has 0 aliphatic rings. The molecule has 0 atom stereocenters. The molecule has 1 rings (SSSR count). The second-order valence-corrected chi connectivity index (χ2v) is 9.16. The van der Waals surface area contributed by atoms with Crippen LogP contribution in [0.5, 0.6) is 0 Å². The van der Waals surface area contributed by atoms with E-state index in [4.69, 9.17) is 0 Å². The van der Waals surface area contributed by atoms with Crippen LogP contribution in [0, 0.1) is 10.1 Å². The first kappa shape index (κ1) is 29.2. The Morgan fingerprint density at radius 1 is 0.815 bits per heavy atom. The third-order valence-electron chi connectivity index (χ3n) is 4.42. The molecule has 158 valence electrons. The van der Waals surface area contributed by atoms with Gasteiger partial charge in [-0.15, -0.1) is 0 Å². The minimum atomic E-state index is -0.218. The maximum atomic E-state index is 11.4. The molecule has 0 radical (unpaired) electrons. The Hall–Kier alpha value is 0. The zero-order valence-corrected chi connectivity index (χ0v) is 22.1. The fraction of sp³-hybridized carbons (Fsp3) is 0.700. The summed E-state index contributed by atoms with van der Waals surface area (Å²) in [5.74, 6) is 0. The molecule has 0 heterocycles. The molecule has 7 heteroatoms. The highest BCUT2D eigenvalue weighted by Crippen LogP contribution is 2.23. The topological polar surface area (TPSA) is 43.1 Å². The number of hydrogen-bond acceptors (Lipinski definition) is 2. The van der Waals surface area contributed by atoms with E-state index in [2.05, 4.69) is 48.4 Å². The van der Waals surface area contributed by atoms with Gasteiger partial charge in [0.25, 0.3) is 5.69 Å². The summed E-state index contributed by atoms with van der Waals surface area (Å²) in [6.07, 6.45) is 6.02. The number of benzene rings is 1. The van der Waals surface area contributed by atoms with Crippen LogP contribution in [0.4, 0.5) is 5.69 Å². The lowest BCUT2D eigenvalue weighted by molar-refractivity contribution is -0.870. The number of unbranched alkanes of at least 4 members (excludes halogenated alkanes) is 2. The van der Waals surface area contributed by atoms with E-state index in [0.29, 0.717) is 5.69 Å². The van der Waals surface area contributed by atoms with Gasteiger partial charge in [0.15, 0.2) is 0 Å². The van der Waals surface area contributed by atoms with Crippen LogP contribution < -0.4 is 48.0 Å².